The number of carboxylic acid groups (broad SMARTS) is 1. The smallest absolute Gasteiger partial charge is 0.327 e. The Labute approximate surface area is 223 Å². The van der Waals surface area contributed by atoms with E-state index in [1.54, 1.807) is 0 Å². The third-order valence-corrected chi connectivity index (χ3v) is 7.63. The number of hydrogen-bond donors (Lipinski definition) is 4. The topological polar surface area (TPSA) is 107 Å². The SMILES string of the molecule is O=C(NC[C@H](Nc1cccc2ccccc12)C(=O)O)[C@@H]1CCCN(CCCc2ccc3c(n2)NCCC3)C1. The van der Waals surface area contributed by atoms with Gasteiger partial charge in [-0.2, -0.15) is 0 Å². The van der Waals surface area contributed by atoms with Gasteiger partial charge < -0.3 is 26.0 Å². The van der Waals surface area contributed by atoms with Gasteiger partial charge in [-0.1, -0.05) is 42.5 Å². The zero-order valence-electron chi connectivity index (χ0n) is 21.8. The Balaban J connectivity index is 1.10. The minimum Gasteiger partial charge on any atom is -0.480 e. The van der Waals surface area contributed by atoms with Crippen LogP contribution in [0.25, 0.3) is 10.8 Å². The molecular weight excluding hydrogens is 478 g/mol. The molecule has 1 saturated heterocycles. The fourth-order valence-corrected chi connectivity index (χ4v) is 5.55. The van der Waals surface area contributed by atoms with E-state index < -0.39 is 12.0 Å². The van der Waals surface area contributed by atoms with Crippen molar-refractivity contribution in [2.24, 2.45) is 5.92 Å². The van der Waals surface area contributed by atoms with Crippen molar-refractivity contribution in [3.8, 4) is 0 Å². The van der Waals surface area contributed by atoms with Gasteiger partial charge in [0.15, 0.2) is 0 Å². The van der Waals surface area contributed by atoms with Crippen molar-refractivity contribution >= 4 is 34.2 Å². The standard InChI is InChI=1S/C30H37N5O3/c36-29(32-19-27(30(37)38)34-26-13-3-8-21-7-1-2-12-25(21)26)23-10-5-17-35(20-23)18-6-11-24-15-14-22-9-4-16-31-28(22)33-24/h1-3,7-8,12-15,23,27,34H,4-6,9-11,16-20H2,(H,31,33)(H,32,36)(H,37,38)/t23-,27+/m1/s1. The first-order valence-electron chi connectivity index (χ1n) is 13.8. The highest BCUT2D eigenvalue weighted by atomic mass is 16.4. The van der Waals surface area contributed by atoms with Gasteiger partial charge in [-0.3, -0.25) is 4.79 Å². The van der Waals surface area contributed by atoms with Crippen LogP contribution in [0, 0.1) is 5.92 Å². The molecule has 4 N–H and O–H groups in total. The molecule has 1 fully saturated rings. The van der Waals surface area contributed by atoms with Crippen molar-refractivity contribution < 1.29 is 14.7 Å². The molecule has 2 aromatic carbocycles. The molecule has 0 radical (unpaired) electrons. The van der Waals surface area contributed by atoms with Crippen molar-refractivity contribution in [3.63, 3.8) is 0 Å². The van der Waals surface area contributed by atoms with Gasteiger partial charge >= 0.3 is 5.97 Å². The summed E-state index contributed by atoms with van der Waals surface area (Å²) in [6.07, 6.45) is 5.97. The number of amides is 1. The van der Waals surface area contributed by atoms with E-state index in [4.69, 9.17) is 4.98 Å². The zero-order chi connectivity index (χ0) is 26.3. The number of aryl methyl sites for hydroxylation is 2. The monoisotopic (exact) mass is 515 g/mol. The van der Waals surface area contributed by atoms with E-state index in [0.717, 1.165) is 86.1 Å². The molecule has 2 atom stereocenters. The van der Waals surface area contributed by atoms with E-state index in [1.807, 2.05) is 42.5 Å². The molecule has 8 nitrogen and oxygen atoms in total. The molecule has 0 spiro atoms. The molecule has 2 aliphatic rings. The number of fused-ring (bicyclic) bond motifs is 2. The fraction of sp³-hybridized carbons (Fsp3) is 0.433. The van der Waals surface area contributed by atoms with Crippen molar-refractivity contribution in [3.05, 3.63) is 65.9 Å². The summed E-state index contributed by atoms with van der Waals surface area (Å²) in [6, 6.07) is 17.0. The second kappa shape index (κ2) is 12.3. The number of aromatic nitrogens is 1. The second-order valence-electron chi connectivity index (χ2n) is 10.4. The second-order valence-corrected chi connectivity index (χ2v) is 10.4. The van der Waals surface area contributed by atoms with Crippen LogP contribution in [-0.2, 0) is 22.4 Å². The van der Waals surface area contributed by atoms with E-state index in [9.17, 15) is 14.7 Å². The van der Waals surface area contributed by atoms with Crippen LogP contribution in [0.1, 0.15) is 36.9 Å². The number of rotatable bonds is 10. The summed E-state index contributed by atoms with van der Waals surface area (Å²) in [5, 5.41) is 21.2. The molecule has 2 aliphatic heterocycles. The van der Waals surface area contributed by atoms with E-state index in [-0.39, 0.29) is 18.4 Å². The number of anilines is 2. The minimum absolute atomic E-state index is 0.0337. The van der Waals surface area contributed by atoms with Gasteiger partial charge in [0.25, 0.3) is 0 Å². The molecule has 5 rings (SSSR count). The number of carbonyl (C=O) groups is 2. The quantitative estimate of drug-likeness (QED) is 0.324. The van der Waals surface area contributed by atoms with Gasteiger partial charge in [0.1, 0.15) is 11.9 Å². The molecule has 38 heavy (non-hydrogen) atoms. The summed E-state index contributed by atoms with van der Waals surface area (Å²) >= 11 is 0. The summed E-state index contributed by atoms with van der Waals surface area (Å²) in [5.74, 6) is -0.141. The highest BCUT2D eigenvalue weighted by Gasteiger charge is 2.27. The maximum atomic E-state index is 13.0. The van der Waals surface area contributed by atoms with Gasteiger partial charge in [0.05, 0.1) is 5.92 Å². The molecule has 0 saturated carbocycles. The molecule has 3 aromatic rings. The minimum atomic E-state index is -0.991. The Bertz CT molecular complexity index is 1270. The van der Waals surface area contributed by atoms with E-state index in [0.29, 0.717) is 6.54 Å². The van der Waals surface area contributed by atoms with Crippen LogP contribution in [0.3, 0.4) is 0 Å². The number of carboxylic acids is 1. The summed E-state index contributed by atoms with van der Waals surface area (Å²) in [4.78, 5) is 32.1. The number of carbonyl (C=O) groups excluding carboxylic acids is 1. The molecule has 8 heteroatoms. The lowest BCUT2D eigenvalue weighted by atomic mass is 9.96. The number of benzene rings is 2. The van der Waals surface area contributed by atoms with Crippen LogP contribution in [0.2, 0.25) is 0 Å². The first-order valence-corrected chi connectivity index (χ1v) is 13.8. The van der Waals surface area contributed by atoms with E-state index in [2.05, 4.69) is 33.0 Å². The summed E-state index contributed by atoms with van der Waals surface area (Å²) in [7, 11) is 0. The van der Waals surface area contributed by atoms with Crippen LogP contribution in [0.15, 0.2) is 54.6 Å². The number of aliphatic carboxylic acids is 1. The van der Waals surface area contributed by atoms with Crippen molar-refractivity contribution in [2.75, 3.05) is 43.4 Å². The number of nitrogens with zero attached hydrogens (tertiary/aromatic N) is 2. The number of hydrogen-bond acceptors (Lipinski definition) is 6. The first kappa shape index (κ1) is 26.0. The van der Waals surface area contributed by atoms with Gasteiger partial charge in [-0.05, 0) is 74.7 Å². The summed E-state index contributed by atoms with van der Waals surface area (Å²) in [5.41, 5.74) is 3.17. The molecule has 0 unspecified atom stereocenters. The molecule has 0 bridgehead atoms. The van der Waals surface area contributed by atoms with Crippen LogP contribution >= 0.6 is 0 Å². The molecule has 200 valence electrons. The summed E-state index contributed by atoms with van der Waals surface area (Å²) in [6.45, 7) is 3.65. The van der Waals surface area contributed by atoms with Gasteiger partial charge in [-0.25, -0.2) is 9.78 Å². The normalized spacial score (nSPS) is 18.3. The number of pyridine rings is 1. The van der Waals surface area contributed by atoms with Crippen molar-refractivity contribution in [1.29, 1.82) is 0 Å². The molecule has 1 aromatic heterocycles. The van der Waals surface area contributed by atoms with Gasteiger partial charge in [-0.15, -0.1) is 0 Å². The number of piperidine rings is 1. The highest BCUT2D eigenvalue weighted by Crippen LogP contribution is 2.24. The van der Waals surface area contributed by atoms with Crippen molar-refractivity contribution in [2.45, 2.75) is 44.6 Å². The van der Waals surface area contributed by atoms with E-state index >= 15 is 0 Å². The molecule has 0 aliphatic carbocycles. The predicted molar refractivity (Wildman–Crippen MR) is 151 cm³/mol. The highest BCUT2D eigenvalue weighted by molar-refractivity contribution is 5.95. The average Bonchev–Trinajstić information content (AvgIpc) is 2.95. The molecule has 1 amide bonds. The predicted octanol–water partition coefficient (Wildman–Crippen LogP) is 3.92. The summed E-state index contributed by atoms with van der Waals surface area (Å²) < 4.78 is 0. The third kappa shape index (κ3) is 6.42. The maximum Gasteiger partial charge on any atom is 0.327 e. The lowest BCUT2D eigenvalue weighted by Crippen LogP contribution is -2.47. The Kier molecular flexibility index (Phi) is 8.38. The Hall–Kier alpha value is -3.65. The fourth-order valence-electron chi connectivity index (χ4n) is 5.55. The molecule has 3 heterocycles. The molecular formula is C30H37N5O3. The maximum absolute atomic E-state index is 13.0. The van der Waals surface area contributed by atoms with Crippen LogP contribution in [0.5, 0.6) is 0 Å². The largest absolute Gasteiger partial charge is 0.480 e. The average molecular weight is 516 g/mol. The van der Waals surface area contributed by atoms with Crippen LogP contribution < -0.4 is 16.0 Å². The Morgan fingerprint density at radius 2 is 1.97 bits per heavy atom. The van der Waals surface area contributed by atoms with Gasteiger partial charge in [0.2, 0.25) is 5.91 Å². The van der Waals surface area contributed by atoms with Gasteiger partial charge in [0, 0.05) is 36.4 Å². The zero-order valence-corrected chi connectivity index (χ0v) is 21.8. The van der Waals surface area contributed by atoms with Crippen LogP contribution in [-0.4, -0.2) is 65.6 Å². The Morgan fingerprint density at radius 3 is 2.87 bits per heavy atom. The number of likely N-dealkylation sites (tertiary alicyclic amines) is 1. The number of nitrogens with one attached hydrogen (secondary N) is 3. The van der Waals surface area contributed by atoms with E-state index in [1.165, 1.54) is 5.56 Å². The third-order valence-electron chi connectivity index (χ3n) is 7.63. The lowest BCUT2D eigenvalue weighted by molar-refractivity contribution is -0.138. The first-order chi connectivity index (χ1) is 18.6. The van der Waals surface area contributed by atoms with Crippen LogP contribution in [0.4, 0.5) is 11.5 Å². The van der Waals surface area contributed by atoms with Crippen molar-refractivity contribution in [1.82, 2.24) is 15.2 Å². The Morgan fingerprint density at radius 1 is 1.11 bits per heavy atom. The lowest BCUT2D eigenvalue weighted by Gasteiger charge is -2.32.